The number of halogens is 1. The lowest BCUT2D eigenvalue weighted by Gasteiger charge is -2.14. The van der Waals surface area contributed by atoms with Crippen molar-refractivity contribution >= 4 is 5.84 Å². The van der Waals surface area contributed by atoms with Gasteiger partial charge in [0, 0.05) is 14.1 Å². The molecular formula is C11H15FN2. The number of amidine groups is 1. The Morgan fingerprint density at radius 2 is 1.93 bits per heavy atom. The maximum absolute atomic E-state index is 13.7. The van der Waals surface area contributed by atoms with Crippen molar-refractivity contribution in [1.82, 2.24) is 4.90 Å². The first-order chi connectivity index (χ1) is 6.34. The van der Waals surface area contributed by atoms with Crippen LogP contribution in [-0.4, -0.2) is 24.8 Å². The normalized spacial score (nSPS) is 19.4. The van der Waals surface area contributed by atoms with Gasteiger partial charge < -0.3 is 4.90 Å². The number of allylic oxidation sites excluding steroid dienone is 2. The molecule has 0 aromatic carbocycles. The summed E-state index contributed by atoms with van der Waals surface area (Å²) in [6, 6.07) is 0. The van der Waals surface area contributed by atoms with Crippen molar-refractivity contribution in [2.75, 3.05) is 14.1 Å². The Balaban J connectivity index is 3.24. The fourth-order valence-electron chi connectivity index (χ4n) is 1.17. The summed E-state index contributed by atoms with van der Waals surface area (Å²) >= 11 is 0. The van der Waals surface area contributed by atoms with Gasteiger partial charge in [-0.2, -0.15) is 0 Å². The van der Waals surface area contributed by atoms with Gasteiger partial charge in [0.05, 0.1) is 11.1 Å². The van der Waals surface area contributed by atoms with Gasteiger partial charge in [-0.1, -0.05) is 5.92 Å². The molecule has 14 heavy (non-hydrogen) atoms. The van der Waals surface area contributed by atoms with Gasteiger partial charge in [0.15, 0.2) is 5.84 Å². The minimum absolute atomic E-state index is 0.248. The average Bonchev–Trinajstić information content (AvgIpc) is 2.17. The Kier molecular flexibility index (Phi) is 2.66. The van der Waals surface area contributed by atoms with Crippen molar-refractivity contribution in [3.63, 3.8) is 0 Å². The molecule has 0 fully saturated rings. The largest absolute Gasteiger partial charge is 0.356 e. The Bertz CT molecular complexity index is 364. The smallest absolute Gasteiger partial charge is 0.180 e. The highest BCUT2D eigenvalue weighted by Gasteiger charge is 2.25. The predicted molar refractivity (Wildman–Crippen MR) is 56.5 cm³/mol. The Morgan fingerprint density at radius 1 is 1.36 bits per heavy atom. The van der Waals surface area contributed by atoms with E-state index in [2.05, 4.69) is 16.8 Å². The van der Waals surface area contributed by atoms with Gasteiger partial charge in [-0.3, -0.25) is 0 Å². The molecule has 1 rings (SSSR count). The predicted octanol–water partition coefficient (Wildman–Crippen LogP) is 2.19. The van der Waals surface area contributed by atoms with Crippen LogP contribution < -0.4 is 0 Å². The topological polar surface area (TPSA) is 15.6 Å². The van der Waals surface area contributed by atoms with Gasteiger partial charge in [-0.25, -0.2) is 9.38 Å². The number of rotatable bonds is 0. The highest BCUT2D eigenvalue weighted by Crippen LogP contribution is 2.30. The van der Waals surface area contributed by atoms with E-state index in [0.29, 0.717) is 11.5 Å². The van der Waals surface area contributed by atoms with Crippen LogP contribution in [0.2, 0.25) is 0 Å². The summed E-state index contributed by atoms with van der Waals surface area (Å²) in [4.78, 5) is 5.91. The molecule has 0 spiro atoms. The molecule has 0 atom stereocenters. The molecule has 0 unspecified atom stereocenters. The summed E-state index contributed by atoms with van der Waals surface area (Å²) < 4.78 is 13.7. The third kappa shape index (κ3) is 1.95. The van der Waals surface area contributed by atoms with E-state index in [1.807, 2.05) is 14.1 Å². The lowest BCUT2D eigenvalue weighted by molar-refractivity contribution is 0.434. The second-order valence-electron chi connectivity index (χ2n) is 4.10. The van der Waals surface area contributed by atoms with E-state index in [0.717, 1.165) is 0 Å². The molecule has 0 radical (unpaired) electrons. The highest BCUT2D eigenvalue weighted by molar-refractivity contribution is 5.99. The molecule has 0 saturated heterocycles. The van der Waals surface area contributed by atoms with Gasteiger partial charge in [-0.05, 0) is 26.7 Å². The molecule has 1 aliphatic rings. The molecule has 1 aliphatic heterocycles. The zero-order valence-corrected chi connectivity index (χ0v) is 9.27. The van der Waals surface area contributed by atoms with Crippen molar-refractivity contribution in [2.45, 2.75) is 20.8 Å². The standard InChI is InChI=1S/C11H15FN2/c1-8-10(12)11(2,3)7-6-9(13-8)14(4)5/h1-5H3. The third-order valence-electron chi connectivity index (χ3n) is 2.05. The van der Waals surface area contributed by atoms with Gasteiger partial charge in [-0.15, -0.1) is 0 Å². The lowest BCUT2D eigenvalue weighted by atomic mass is 9.92. The SMILES string of the molecule is CC1=C(F)C(C)(C)C#CC(N(C)C)=N1. The summed E-state index contributed by atoms with van der Waals surface area (Å²) in [6.45, 7) is 5.18. The highest BCUT2D eigenvalue weighted by atomic mass is 19.1. The summed E-state index contributed by atoms with van der Waals surface area (Å²) in [6.07, 6.45) is 0. The maximum atomic E-state index is 13.7. The zero-order valence-electron chi connectivity index (χ0n) is 9.27. The minimum Gasteiger partial charge on any atom is -0.356 e. The monoisotopic (exact) mass is 194 g/mol. The number of aliphatic imine (C=N–C) groups is 1. The van der Waals surface area contributed by atoms with E-state index in [9.17, 15) is 4.39 Å². The molecule has 0 amide bonds. The molecule has 0 aliphatic carbocycles. The van der Waals surface area contributed by atoms with Crippen LogP contribution in [0.4, 0.5) is 4.39 Å². The van der Waals surface area contributed by atoms with Crippen LogP contribution in [0.3, 0.4) is 0 Å². The fourth-order valence-corrected chi connectivity index (χ4v) is 1.17. The molecule has 0 aromatic heterocycles. The number of nitrogens with zero attached hydrogens (tertiary/aromatic N) is 2. The molecule has 0 saturated carbocycles. The van der Waals surface area contributed by atoms with E-state index in [4.69, 9.17) is 0 Å². The van der Waals surface area contributed by atoms with Crippen LogP contribution in [0, 0.1) is 17.3 Å². The maximum Gasteiger partial charge on any atom is 0.180 e. The second-order valence-corrected chi connectivity index (χ2v) is 4.10. The van der Waals surface area contributed by atoms with Crippen LogP contribution in [0.1, 0.15) is 20.8 Å². The van der Waals surface area contributed by atoms with E-state index >= 15 is 0 Å². The van der Waals surface area contributed by atoms with Gasteiger partial charge in [0.25, 0.3) is 0 Å². The molecule has 0 aromatic rings. The second kappa shape index (κ2) is 3.45. The van der Waals surface area contributed by atoms with Crippen molar-refractivity contribution in [1.29, 1.82) is 0 Å². The third-order valence-corrected chi connectivity index (χ3v) is 2.05. The summed E-state index contributed by atoms with van der Waals surface area (Å²) in [5, 5.41) is 0. The first kappa shape index (κ1) is 10.8. The molecule has 0 bridgehead atoms. The van der Waals surface area contributed by atoms with E-state index in [-0.39, 0.29) is 5.83 Å². The van der Waals surface area contributed by atoms with Crippen molar-refractivity contribution in [3.8, 4) is 11.8 Å². The van der Waals surface area contributed by atoms with E-state index in [1.54, 1.807) is 25.7 Å². The van der Waals surface area contributed by atoms with Crippen molar-refractivity contribution in [2.24, 2.45) is 10.4 Å². The van der Waals surface area contributed by atoms with Crippen molar-refractivity contribution in [3.05, 3.63) is 11.5 Å². The Morgan fingerprint density at radius 3 is 2.43 bits per heavy atom. The summed E-state index contributed by atoms with van der Waals surface area (Å²) in [5.41, 5.74) is -0.332. The van der Waals surface area contributed by atoms with Gasteiger partial charge >= 0.3 is 0 Å². The van der Waals surface area contributed by atoms with E-state index < -0.39 is 5.41 Å². The number of hydrogen-bond acceptors (Lipinski definition) is 2. The zero-order chi connectivity index (χ0) is 10.9. The fraction of sp³-hybridized carbons (Fsp3) is 0.545. The first-order valence-corrected chi connectivity index (χ1v) is 4.50. The molecule has 76 valence electrons. The quantitative estimate of drug-likeness (QED) is 0.540. The Labute approximate surface area is 84.5 Å². The molecule has 2 nitrogen and oxygen atoms in total. The lowest BCUT2D eigenvalue weighted by Crippen LogP contribution is -2.20. The van der Waals surface area contributed by atoms with Gasteiger partial charge in [0.1, 0.15) is 5.83 Å². The summed E-state index contributed by atoms with van der Waals surface area (Å²) in [7, 11) is 3.69. The number of hydrogen-bond donors (Lipinski definition) is 0. The van der Waals surface area contributed by atoms with Gasteiger partial charge in [0.2, 0.25) is 0 Å². The molecule has 3 heteroatoms. The Hall–Kier alpha value is -1.30. The van der Waals surface area contributed by atoms with E-state index in [1.165, 1.54) is 0 Å². The van der Waals surface area contributed by atoms with Crippen molar-refractivity contribution < 1.29 is 4.39 Å². The molecule has 0 N–H and O–H groups in total. The van der Waals surface area contributed by atoms with Crippen LogP contribution in [0.5, 0.6) is 0 Å². The van der Waals surface area contributed by atoms with Crippen LogP contribution in [0.15, 0.2) is 16.5 Å². The summed E-state index contributed by atoms with van der Waals surface area (Å²) in [5.74, 6) is 6.11. The van der Waals surface area contributed by atoms with Crippen LogP contribution >= 0.6 is 0 Å². The average molecular weight is 194 g/mol. The molecular weight excluding hydrogens is 179 g/mol. The molecule has 1 heterocycles. The minimum atomic E-state index is -0.731. The first-order valence-electron chi connectivity index (χ1n) is 4.50. The van der Waals surface area contributed by atoms with Crippen LogP contribution in [0.25, 0.3) is 0 Å². The van der Waals surface area contributed by atoms with Crippen LogP contribution in [-0.2, 0) is 0 Å².